The first-order valence-electron chi connectivity index (χ1n) is 7.79. The molecule has 1 heterocycles. The second kappa shape index (κ2) is 7.09. The minimum atomic E-state index is -0.161. The van der Waals surface area contributed by atoms with Crippen LogP contribution in [0.2, 0.25) is 0 Å². The molecule has 1 aromatic carbocycles. The van der Waals surface area contributed by atoms with Crippen LogP contribution in [0.3, 0.4) is 0 Å². The van der Waals surface area contributed by atoms with Gasteiger partial charge in [-0.15, -0.1) is 0 Å². The molecule has 1 aliphatic heterocycles. The highest BCUT2D eigenvalue weighted by molar-refractivity contribution is 5.56. The second-order valence-electron chi connectivity index (χ2n) is 6.04. The Bertz CT molecular complexity index is 423. The van der Waals surface area contributed by atoms with Gasteiger partial charge < -0.3 is 10.0 Å². The average Bonchev–Trinajstić information content (AvgIpc) is 2.42. The van der Waals surface area contributed by atoms with Crippen LogP contribution in [0.25, 0.3) is 0 Å². The van der Waals surface area contributed by atoms with Crippen molar-refractivity contribution < 1.29 is 5.11 Å². The molecule has 1 aromatic rings. The molecule has 3 heteroatoms. The van der Waals surface area contributed by atoms with Crippen molar-refractivity contribution in [3.8, 4) is 0 Å². The Morgan fingerprint density at radius 3 is 2.50 bits per heavy atom. The van der Waals surface area contributed by atoms with Gasteiger partial charge in [0.25, 0.3) is 0 Å². The van der Waals surface area contributed by atoms with Crippen molar-refractivity contribution in [3.63, 3.8) is 0 Å². The maximum atomic E-state index is 9.30. The minimum absolute atomic E-state index is 0.161. The van der Waals surface area contributed by atoms with Gasteiger partial charge in [0, 0.05) is 31.9 Å². The number of aliphatic hydroxyl groups is 1. The molecule has 0 amide bonds. The molecule has 1 unspecified atom stereocenters. The average molecular weight is 276 g/mol. The first-order chi connectivity index (χ1) is 9.58. The van der Waals surface area contributed by atoms with Crippen LogP contribution < -0.4 is 4.90 Å². The maximum Gasteiger partial charge on any atom is 0.0512 e. The van der Waals surface area contributed by atoms with Gasteiger partial charge in [-0.2, -0.15) is 0 Å². The van der Waals surface area contributed by atoms with E-state index in [1.165, 1.54) is 16.8 Å². The topological polar surface area (TPSA) is 26.7 Å². The summed E-state index contributed by atoms with van der Waals surface area (Å²) < 4.78 is 0. The summed E-state index contributed by atoms with van der Waals surface area (Å²) in [4.78, 5) is 5.03. The van der Waals surface area contributed by atoms with Gasteiger partial charge in [-0.3, -0.25) is 4.90 Å². The number of nitrogens with zero attached hydrogens (tertiary/aromatic N) is 2. The lowest BCUT2D eigenvalue weighted by Crippen LogP contribution is -2.47. The molecule has 20 heavy (non-hydrogen) atoms. The molecule has 2 rings (SSSR count). The van der Waals surface area contributed by atoms with Crippen molar-refractivity contribution in [2.75, 3.05) is 37.6 Å². The Morgan fingerprint density at radius 2 is 1.85 bits per heavy atom. The van der Waals surface area contributed by atoms with Gasteiger partial charge in [0.1, 0.15) is 0 Å². The third kappa shape index (κ3) is 3.97. The number of benzene rings is 1. The molecule has 1 atom stereocenters. The number of aliphatic hydroxyl groups excluding tert-OH is 1. The Balaban J connectivity index is 1.83. The predicted octanol–water partition coefficient (Wildman–Crippen LogP) is 2.59. The van der Waals surface area contributed by atoms with Gasteiger partial charge in [0.2, 0.25) is 0 Å². The van der Waals surface area contributed by atoms with E-state index < -0.39 is 0 Å². The molecule has 3 nitrogen and oxygen atoms in total. The lowest BCUT2D eigenvalue weighted by molar-refractivity contribution is 0.169. The van der Waals surface area contributed by atoms with E-state index in [4.69, 9.17) is 0 Å². The van der Waals surface area contributed by atoms with Crippen LogP contribution in [0.15, 0.2) is 18.2 Å². The SMILES string of the molecule is Cc1cccc(N2CCN(CCCC(C)O)CC2)c1C. The Kier molecular flexibility index (Phi) is 5.44. The smallest absolute Gasteiger partial charge is 0.0512 e. The number of hydrogen-bond donors (Lipinski definition) is 1. The van der Waals surface area contributed by atoms with Gasteiger partial charge >= 0.3 is 0 Å². The van der Waals surface area contributed by atoms with E-state index in [1.807, 2.05) is 6.92 Å². The van der Waals surface area contributed by atoms with Crippen LogP contribution in [-0.4, -0.2) is 48.8 Å². The predicted molar refractivity (Wildman–Crippen MR) is 85.5 cm³/mol. The summed E-state index contributed by atoms with van der Waals surface area (Å²) in [6.07, 6.45) is 1.85. The van der Waals surface area contributed by atoms with Gasteiger partial charge in [-0.1, -0.05) is 12.1 Å². The number of aryl methyl sites for hydroxylation is 1. The van der Waals surface area contributed by atoms with Crippen LogP contribution >= 0.6 is 0 Å². The second-order valence-corrected chi connectivity index (χ2v) is 6.04. The molecule has 0 spiro atoms. The zero-order chi connectivity index (χ0) is 14.5. The number of piperazine rings is 1. The lowest BCUT2D eigenvalue weighted by atomic mass is 10.1. The van der Waals surface area contributed by atoms with E-state index >= 15 is 0 Å². The van der Waals surface area contributed by atoms with Gasteiger partial charge in [-0.25, -0.2) is 0 Å². The standard InChI is InChI=1S/C17H28N2O/c1-14-6-4-8-17(16(14)3)19-12-10-18(11-13-19)9-5-7-15(2)20/h4,6,8,15,20H,5,7,9-13H2,1-3H3. The molecule has 1 fully saturated rings. The summed E-state index contributed by atoms with van der Waals surface area (Å²) in [5.41, 5.74) is 4.19. The normalized spacial score (nSPS) is 18.3. The summed E-state index contributed by atoms with van der Waals surface area (Å²) in [5.74, 6) is 0. The Hall–Kier alpha value is -1.06. The number of anilines is 1. The molecule has 1 saturated heterocycles. The Morgan fingerprint density at radius 1 is 1.15 bits per heavy atom. The van der Waals surface area contributed by atoms with Crippen molar-refractivity contribution in [3.05, 3.63) is 29.3 Å². The summed E-state index contributed by atoms with van der Waals surface area (Å²) in [6, 6.07) is 6.59. The van der Waals surface area contributed by atoms with Gasteiger partial charge in [0.15, 0.2) is 0 Å². The third-order valence-corrected chi connectivity index (χ3v) is 4.39. The molecular weight excluding hydrogens is 248 g/mol. The zero-order valence-electron chi connectivity index (χ0n) is 13.1. The monoisotopic (exact) mass is 276 g/mol. The summed E-state index contributed by atoms with van der Waals surface area (Å²) >= 11 is 0. The molecule has 0 radical (unpaired) electrons. The number of hydrogen-bond acceptors (Lipinski definition) is 3. The molecule has 1 N–H and O–H groups in total. The largest absolute Gasteiger partial charge is 0.393 e. The minimum Gasteiger partial charge on any atom is -0.393 e. The van der Waals surface area contributed by atoms with Crippen molar-refractivity contribution in [1.82, 2.24) is 4.90 Å². The van der Waals surface area contributed by atoms with Crippen LogP contribution in [-0.2, 0) is 0 Å². The molecule has 112 valence electrons. The highest BCUT2D eigenvalue weighted by Crippen LogP contribution is 2.23. The van der Waals surface area contributed by atoms with E-state index in [0.29, 0.717) is 0 Å². The highest BCUT2D eigenvalue weighted by Gasteiger charge is 2.18. The van der Waals surface area contributed by atoms with E-state index in [-0.39, 0.29) is 6.10 Å². The lowest BCUT2D eigenvalue weighted by Gasteiger charge is -2.37. The first-order valence-corrected chi connectivity index (χ1v) is 7.79. The quantitative estimate of drug-likeness (QED) is 0.895. The van der Waals surface area contributed by atoms with Crippen molar-refractivity contribution in [2.24, 2.45) is 0 Å². The van der Waals surface area contributed by atoms with Crippen molar-refractivity contribution >= 4 is 5.69 Å². The van der Waals surface area contributed by atoms with E-state index in [9.17, 15) is 5.11 Å². The molecule has 0 saturated carbocycles. The molecule has 1 aliphatic rings. The summed E-state index contributed by atoms with van der Waals surface area (Å²) in [7, 11) is 0. The van der Waals surface area contributed by atoms with Crippen LogP contribution in [0.1, 0.15) is 30.9 Å². The van der Waals surface area contributed by atoms with E-state index in [0.717, 1.165) is 45.6 Å². The van der Waals surface area contributed by atoms with Crippen molar-refractivity contribution in [1.29, 1.82) is 0 Å². The highest BCUT2D eigenvalue weighted by atomic mass is 16.3. The van der Waals surface area contributed by atoms with Crippen molar-refractivity contribution in [2.45, 2.75) is 39.7 Å². The molecule has 0 aliphatic carbocycles. The first kappa shape index (κ1) is 15.3. The number of rotatable bonds is 5. The molecular formula is C17H28N2O. The fourth-order valence-electron chi connectivity index (χ4n) is 2.90. The van der Waals surface area contributed by atoms with Gasteiger partial charge in [0.05, 0.1) is 6.10 Å². The van der Waals surface area contributed by atoms with Crippen LogP contribution in [0, 0.1) is 13.8 Å². The molecule has 0 bridgehead atoms. The fourth-order valence-corrected chi connectivity index (χ4v) is 2.90. The Labute approximate surface area is 123 Å². The van der Waals surface area contributed by atoms with Crippen LogP contribution in [0.5, 0.6) is 0 Å². The zero-order valence-corrected chi connectivity index (χ0v) is 13.1. The van der Waals surface area contributed by atoms with E-state index in [1.54, 1.807) is 0 Å². The summed E-state index contributed by atoms with van der Waals surface area (Å²) in [5, 5.41) is 9.30. The van der Waals surface area contributed by atoms with E-state index in [2.05, 4.69) is 41.8 Å². The summed E-state index contributed by atoms with van der Waals surface area (Å²) in [6.45, 7) is 11.9. The molecule has 0 aromatic heterocycles. The maximum absolute atomic E-state index is 9.30. The third-order valence-electron chi connectivity index (χ3n) is 4.39. The van der Waals surface area contributed by atoms with Crippen LogP contribution in [0.4, 0.5) is 5.69 Å². The van der Waals surface area contributed by atoms with Gasteiger partial charge in [-0.05, 0) is 57.4 Å². The fraction of sp³-hybridized carbons (Fsp3) is 0.647.